The second kappa shape index (κ2) is 9.09. The Morgan fingerprint density at radius 2 is 1.94 bits per heavy atom. The van der Waals surface area contributed by atoms with Gasteiger partial charge in [-0.15, -0.1) is 11.3 Å². The van der Waals surface area contributed by atoms with Crippen LogP contribution in [0.15, 0.2) is 35.4 Å². The highest BCUT2D eigenvalue weighted by Gasteiger charge is 2.27. The molecule has 0 spiro atoms. The van der Waals surface area contributed by atoms with Crippen LogP contribution in [-0.4, -0.2) is 53.6 Å². The van der Waals surface area contributed by atoms with Crippen molar-refractivity contribution < 1.29 is 9.53 Å². The Labute approximate surface area is 185 Å². The van der Waals surface area contributed by atoms with Crippen LogP contribution in [0.3, 0.4) is 0 Å². The van der Waals surface area contributed by atoms with E-state index in [4.69, 9.17) is 4.74 Å². The summed E-state index contributed by atoms with van der Waals surface area (Å²) in [7, 11) is 1.67. The zero-order valence-corrected chi connectivity index (χ0v) is 19.1. The molecule has 7 nitrogen and oxygen atoms in total. The Morgan fingerprint density at radius 3 is 2.65 bits per heavy atom. The molecule has 0 aliphatic carbocycles. The smallest absolute Gasteiger partial charge is 0.264 e. The molecule has 1 amide bonds. The number of carbonyl (C=O) groups is 1. The fraction of sp³-hybridized carbons (Fsp3) is 0.435. The van der Waals surface area contributed by atoms with E-state index in [0.29, 0.717) is 34.7 Å². The van der Waals surface area contributed by atoms with E-state index in [1.807, 2.05) is 36.1 Å². The molecule has 31 heavy (non-hydrogen) atoms. The molecule has 0 radical (unpaired) electrons. The number of thiophene rings is 1. The molecule has 3 heterocycles. The van der Waals surface area contributed by atoms with Crippen LogP contribution in [0.25, 0.3) is 10.2 Å². The van der Waals surface area contributed by atoms with Gasteiger partial charge in [0.05, 0.1) is 29.4 Å². The van der Waals surface area contributed by atoms with Gasteiger partial charge in [0, 0.05) is 32.7 Å². The number of para-hydroxylation sites is 2. The molecular formula is C23H28N4O3S. The van der Waals surface area contributed by atoms with Gasteiger partial charge in [-0.25, -0.2) is 4.98 Å². The van der Waals surface area contributed by atoms with Crippen LogP contribution in [0.2, 0.25) is 0 Å². The van der Waals surface area contributed by atoms with E-state index < -0.39 is 0 Å². The standard InChI is InChI=1S/C23H28N4O3S/c1-4-5-10-27-15-24-21-19(22(27)28)16(2)20(31-21)23(29)26-13-11-25(12-14-26)17-8-6-7-9-18(17)30-3/h6-9,15H,4-5,10-14H2,1-3H3. The number of aryl methyl sites for hydroxylation is 2. The Balaban J connectivity index is 1.53. The van der Waals surface area contributed by atoms with Crippen LogP contribution in [0.5, 0.6) is 5.75 Å². The molecule has 4 rings (SSSR count). The fourth-order valence-electron chi connectivity index (χ4n) is 4.04. The van der Waals surface area contributed by atoms with Crippen molar-refractivity contribution in [2.45, 2.75) is 33.2 Å². The summed E-state index contributed by atoms with van der Waals surface area (Å²) < 4.78 is 7.14. The van der Waals surface area contributed by atoms with Crippen LogP contribution < -0.4 is 15.2 Å². The first-order valence-electron chi connectivity index (χ1n) is 10.7. The number of aromatic nitrogens is 2. The van der Waals surface area contributed by atoms with Crippen molar-refractivity contribution in [2.75, 3.05) is 38.2 Å². The van der Waals surface area contributed by atoms with Gasteiger partial charge < -0.3 is 14.5 Å². The lowest BCUT2D eigenvalue weighted by molar-refractivity contribution is 0.0751. The molecule has 1 aliphatic rings. The topological polar surface area (TPSA) is 67.7 Å². The minimum atomic E-state index is -0.0489. The summed E-state index contributed by atoms with van der Waals surface area (Å²) in [5.41, 5.74) is 1.75. The highest BCUT2D eigenvalue weighted by molar-refractivity contribution is 7.20. The van der Waals surface area contributed by atoms with Gasteiger partial charge in [0.2, 0.25) is 0 Å². The fourth-order valence-corrected chi connectivity index (χ4v) is 5.14. The van der Waals surface area contributed by atoms with Crippen LogP contribution in [-0.2, 0) is 6.54 Å². The van der Waals surface area contributed by atoms with Gasteiger partial charge in [-0.2, -0.15) is 0 Å². The highest BCUT2D eigenvalue weighted by Crippen LogP contribution is 2.31. The van der Waals surface area contributed by atoms with E-state index in [1.165, 1.54) is 11.3 Å². The number of hydrogen-bond donors (Lipinski definition) is 0. The highest BCUT2D eigenvalue weighted by atomic mass is 32.1. The molecule has 0 unspecified atom stereocenters. The average Bonchev–Trinajstić information content (AvgIpc) is 3.15. The van der Waals surface area contributed by atoms with Gasteiger partial charge in [0.1, 0.15) is 10.6 Å². The molecule has 0 saturated carbocycles. The van der Waals surface area contributed by atoms with Crippen LogP contribution >= 0.6 is 11.3 Å². The normalized spacial score (nSPS) is 14.3. The summed E-state index contributed by atoms with van der Waals surface area (Å²) in [6.07, 6.45) is 3.55. The largest absolute Gasteiger partial charge is 0.495 e. The van der Waals surface area contributed by atoms with Gasteiger partial charge >= 0.3 is 0 Å². The van der Waals surface area contributed by atoms with Crippen molar-refractivity contribution >= 4 is 33.1 Å². The predicted molar refractivity (Wildman–Crippen MR) is 125 cm³/mol. The maximum Gasteiger partial charge on any atom is 0.264 e. The van der Waals surface area contributed by atoms with Crippen molar-refractivity contribution in [3.63, 3.8) is 0 Å². The third-order valence-corrected chi connectivity index (χ3v) is 7.04. The number of carbonyl (C=O) groups excluding carboxylic acids is 1. The molecule has 1 aromatic carbocycles. The number of piperazine rings is 1. The molecule has 3 aromatic rings. The Kier molecular flexibility index (Phi) is 6.27. The summed E-state index contributed by atoms with van der Waals surface area (Å²) in [4.78, 5) is 36.0. The molecule has 2 aromatic heterocycles. The number of anilines is 1. The summed E-state index contributed by atoms with van der Waals surface area (Å²) in [6.45, 7) is 7.33. The van der Waals surface area contributed by atoms with Crippen molar-refractivity contribution in [3.05, 3.63) is 51.4 Å². The lowest BCUT2D eigenvalue weighted by Crippen LogP contribution is -2.48. The molecular weight excluding hydrogens is 412 g/mol. The van der Waals surface area contributed by atoms with Gasteiger partial charge in [-0.3, -0.25) is 14.2 Å². The van der Waals surface area contributed by atoms with E-state index in [0.717, 1.165) is 42.9 Å². The Morgan fingerprint density at radius 1 is 1.19 bits per heavy atom. The molecule has 1 saturated heterocycles. The maximum atomic E-state index is 13.3. The zero-order valence-electron chi connectivity index (χ0n) is 18.3. The lowest BCUT2D eigenvalue weighted by Gasteiger charge is -2.36. The summed E-state index contributed by atoms with van der Waals surface area (Å²) in [5.74, 6) is 0.827. The predicted octanol–water partition coefficient (Wildman–Crippen LogP) is 3.54. The number of amides is 1. The SMILES string of the molecule is CCCCn1cnc2sc(C(=O)N3CCN(c4ccccc4OC)CC3)c(C)c2c1=O. The summed E-state index contributed by atoms with van der Waals surface area (Å²) in [6, 6.07) is 7.95. The van der Waals surface area contributed by atoms with Crippen molar-refractivity contribution in [1.29, 1.82) is 0 Å². The quantitative estimate of drug-likeness (QED) is 0.587. The molecule has 0 bridgehead atoms. The van der Waals surface area contributed by atoms with Crippen LogP contribution in [0.1, 0.15) is 35.0 Å². The number of hydrogen-bond acceptors (Lipinski definition) is 6. The summed E-state index contributed by atoms with van der Waals surface area (Å²) in [5, 5.41) is 0.583. The zero-order chi connectivity index (χ0) is 22.0. The van der Waals surface area contributed by atoms with Gasteiger partial charge in [-0.05, 0) is 31.0 Å². The number of rotatable bonds is 6. The second-order valence-corrected chi connectivity index (χ2v) is 8.78. The molecule has 0 N–H and O–H groups in total. The van der Waals surface area contributed by atoms with Crippen LogP contribution in [0.4, 0.5) is 5.69 Å². The minimum Gasteiger partial charge on any atom is -0.495 e. The van der Waals surface area contributed by atoms with E-state index in [-0.39, 0.29) is 11.5 Å². The Hall–Kier alpha value is -2.87. The van der Waals surface area contributed by atoms with E-state index in [9.17, 15) is 9.59 Å². The molecule has 0 atom stereocenters. The Bertz CT molecular complexity index is 1150. The van der Waals surface area contributed by atoms with Gasteiger partial charge in [-0.1, -0.05) is 25.5 Å². The minimum absolute atomic E-state index is 0.0142. The van der Waals surface area contributed by atoms with Gasteiger partial charge in [0.25, 0.3) is 11.5 Å². The van der Waals surface area contributed by atoms with E-state index in [1.54, 1.807) is 18.0 Å². The molecule has 1 fully saturated rings. The number of nitrogens with zero attached hydrogens (tertiary/aromatic N) is 4. The number of fused-ring (bicyclic) bond motifs is 1. The first-order chi connectivity index (χ1) is 15.0. The third kappa shape index (κ3) is 4.04. The maximum absolute atomic E-state index is 13.3. The van der Waals surface area contributed by atoms with Crippen molar-refractivity contribution in [3.8, 4) is 5.75 Å². The molecule has 8 heteroatoms. The number of methoxy groups -OCH3 is 1. The monoisotopic (exact) mass is 440 g/mol. The van der Waals surface area contributed by atoms with Crippen molar-refractivity contribution in [1.82, 2.24) is 14.5 Å². The first-order valence-corrected chi connectivity index (χ1v) is 11.5. The lowest BCUT2D eigenvalue weighted by atomic mass is 10.1. The van der Waals surface area contributed by atoms with E-state index in [2.05, 4.69) is 16.8 Å². The average molecular weight is 441 g/mol. The second-order valence-electron chi connectivity index (χ2n) is 7.78. The molecule has 1 aliphatic heterocycles. The number of unbranched alkanes of at least 4 members (excludes halogenated alkanes) is 1. The van der Waals surface area contributed by atoms with Crippen LogP contribution in [0, 0.1) is 6.92 Å². The van der Waals surface area contributed by atoms with Gasteiger partial charge in [0.15, 0.2) is 0 Å². The summed E-state index contributed by atoms with van der Waals surface area (Å²) >= 11 is 1.33. The first kappa shape index (κ1) is 21.4. The third-order valence-electron chi connectivity index (χ3n) is 5.86. The molecule has 164 valence electrons. The number of ether oxygens (including phenoxy) is 1. The van der Waals surface area contributed by atoms with E-state index >= 15 is 0 Å². The number of benzene rings is 1. The van der Waals surface area contributed by atoms with Crippen molar-refractivity contribution in [2.24, 2.45) is 0 Å².